The van der Waals surface area contributed by atoms with Gasteiger partial charge < -0.3 is 10.1 Å². The van der Waals surface area contributed by atoms with Crippen LogP contribution in [0.5, 0.6) is 0 Å². The third-order valence-electron chi connectivity index (χ3n) is 4.07. The second-order valence-electron chi connectivity index (χ2n) is 6.01. The van der Waals surface area contributed by atoms with Gasteiger partial charge in [-0.1, -0.05) is 36.4 Å². The molecule has 2 aromatic rings. The van der Waals surface area contributed by atoms with Crippen LogP contribution in [0.2, 0.25) is 0 Å². The van der Waals surface area contributed by atoms with Gasteiger partial charge in [-0.3, -0.25) is 9.69 Å². The van der Waals surface area contributed by atoms with Gasteiger partial charge in [0.25, 0.3) is 0 Å². The maximum absolute atomic E-state index is 13.7. The van der Waals surface area contributed by atoms with Crippen molar-refractivity contribution >= 4 is 23.8 Å². The van der Waals surface area contributed by atoms with Crippen LogP contribution in [-0.2, 0) is 9.53 Å². The number of nitrogens with zero attached hydrogens (tertiary/aromatic N) is 1. The zero-order chi connectivity index (χ0) is 18.5. The van der Waals surface area contributed by atoms with Crippen LogP contribution in [0.3, 0.4) is 0 Å². The van der Waals surface area contributed by atoms with Crippen molar-refractivity contribution in [3.8, 4) is 0 Å². The van der Waals surface area contributed by atoms with E-state index >= 15 is 0 Å². The number of hydrogen-bond donors (Lipinski definition) is 1. The molecule has 5 nitrogen and oxygen atoms in total. The smallest absolute Gasteiger partial charge is 0.414 e. The summed E-state index contributed by atoms with van der Waals surface area (Å²) in [6.07, 6.45) is 0.615. The summed E-state index contributed by atoms with van der Waals surface area (Å²) in [7, 11) is 0. The number of halogens is 1. The summed E-state index contributed by atoms with van der Waals surface area (Å²) in [5.74, 6) is -0.717. The Labute approximate surface area is 151 Å². The summed E-state index contributed by atoms with van der Waals surface area (Å²) < 4.78 is 18.9. The first-order chi connectivity index (χ1) is 12.5. The maximum Gasteiger partial charge on any atom is 0.414 e. The average molecular weight is 354 g/mol. The Bertz CT molecular complexity index is 836. The first-order valence-electron chi connectivity index (χ1n) is 8.29. The molecule has 0 aromatic heterocycles. The normalized spacial score (nSPS) is 17.2. The fourth-order valence-corrected chi connectivity index (χ4v) is 2.68. The fourth-order valence-electron chi connectivity index (χ4n) is 2.68. The third kappa shape index (κ3) is 4.08. The molecule has 26 heavy (non-hydrogen) atoms. The molecule has 1 saturated heterocycles. The van der Waals surface area contributed by atoms with Crippen molar-refractivity contribution in [3.63, 3.8) is 0 Å². The van der Waals surface area contributed by atoms with Crippen molar-refractivity contribution in [1.29, 1.82) is 0 Å². The van der Waals surface area contributed by atoms with E-state index in [9.17, 15) is 14.0 Å². The van der Waals surface area contributed by atoms with Crippen LogP contribution in [0.15, 0.2) is 60.2 Å². The van der Waals surface area contributed by atoms with Crippen LogP contribution >= 0.6 is 0 Å². The number of benzene rings is 2. The molecule has 6 heteroatoms. The van der Waals surface area contributed by atoms with Crippen LogP contribution in [0.1, 0.15) is 12.5 Å². The van der Waals surface area contributed by atoms with Crippen molar-refractivity contribution in [2.24, 2.45) is 0 Å². The largest absolute Gasteiger partial charge is 0.442 e. The SMILES string of the molecule is C/C(=C\c1ccccc1F)C(=O)NCC1CN(c2ccccc2)C(=O)O1. The minimum Gasteiger partial charge on any atom is -0.442 e. The number of amides is 2. The number of hydrogen-bond acceptors (Lipinski definition) is 3. The molecule has 1 aliphatic rings. The molecule has 0 saturated carbocycles. The topological polar surface area (TPSA) is 58.6 Å². The number of rotatable bonds is 5. The zero-order valence-corrected chi connectivity index (χ0v) is 14.3. The van der Waals surface area contributed by atoms with Gasteiger partial charge in [0.15, 0.2) is 0 Å². The monoisotopic (exact) mass is 354 g/mol. The van der Waals surface area contributed by atoms with Crippen LogP contribution in [0, 0.1) is 5.82 Å². The van der Waals surface area contributed by atoms with Crippen molar-refractivity contribution in [3.05, 3.63) is 71.6 Å². The van der Waals surface area contributed by atoms with Gasteiger partial charge in [0, 0.05) is 16.8 Å². The van der Waals surface area contributed by atoms with Crippen LogP contribution < -0.4 is 10.2 Å². The van der Waals surface area contributed by atoms with Gasteiger partial charge in [0.05, 0.1) is 13.1 Å². The number of cyclic esters (lactones) is 1. The van der Waals surface area contributed by atoms with Gasteiger partial charge in [-0.2, -0.15) is 0 Å². The van der Waals surface area contributed by atoms with Gasteiger partial charge in [0.1, 0.15) is 11.9 Å². The Morgan fingerprint density at radius 2 is 1.92 bits per heavy atom. The molecule has 1 fully saturated rings. The molecular formula is C20H19FN2O3. The van der Waals surface area contributed by atoms with Crippen LogP contribution in [0.4, 0.5) is 14.9 Å². The van der Waals surface area contributed by atoms with Gasteiger partial charge in [-0.05, 0) is 31.2 Å². The molecule has 1 aliphatic heterocycles. The fraction of sp³-hybridized carbons (Fsp3) is 0.200. The second kappa shape index (κ2) is 7.82. The van der Waals surface area contributed by atoms with E-state index in [4.69, 9.17) is 4.74 Å². The highest BCUT2D eigenvalue weighted by atomic mass is 19.1. The molecule has 1 heterocycles. The minimum absolute atomic E-state index is 0.191. The minimum atomic E-state index is -0.437. The lowest BCUT2D eigenvalue weighted by Crippen LogP contribution is -2.35. The number of nitrogens with one attached hydrogen (secondary N) is 1. The summed E-state index contributed by atoms with van der Waals surface area (Å²) in [5, 5.41) is 2.72. The quantitative estimate of drug-likeness (QED) is 0.838. The Morgan fingerprint density at radius 3 is 2.65 bits per heavy atom. The Hall–Kier alpha value is -3.15. The van der Waals surface area contributed by atoms with E-state index in [1.807, 2.05) is 30.3 Å². The highest BCUT2D eigenvalue weighted by molar-refractivity contribution is 5.97. The van der Waals surface area contributed by atoms with Crippen molar-refractivity contribution in [2.45, 2.75) is 13.0 Å². The lowest BCUT2D eigenvalue weighted by atomic mass is 10.1. The molecule has 0 aliphatic carbocycles. The van der Waals surface area contributed by atoms with E-state index in [0.717, 1.165) is 5.69 Å². The van der Waals surface area contributed by atoms with E-state index in [1.165, 1.54) is 17.0 Å². The Balaban J connectivity index is 1.57. The van der Waals surface area contributed by atoms with Crippen molar-refractivity contribution < 1.29 is 18.7 Å². The number of para-hydroxylation sites is 1. The van der Waals surface area contributed by atoms with Gasteiger partial charge in [-0.25, -0.2) is 9.18 Å². The first-order valence-corrected chi connectivity index (χ1v) is 8.29. The molecule has 2 amide bonds. The number of ether oxygens (including phenoxy) is 1. The Kier molecular flexibility index (Phi) is 5.31. The van der Waals surface area contributed by atoms with E-state index in [0.29, 0.717) is 17.7 Å². The molecular weight excluding hydrogens is 335 g/mol. The zero-order valence-electron chi connectivity index (χ0n) is 14.3. The summed E-state index contributed by atoms with van der Waals surface area (Å²) in [5.41, 5.74) is 1.48. The summed E-state index contributed by atoms with van der Waals surface area (Å²) in [6, 6.07) is 15.4. The lowest BCUT2D eigenvalue weighted by Gasteiger charge is -2.13. The van der Waals surface area contributed by atoms with Gasteiger partial charge in [0.2, 0.25) is 5.91 Å². The molecule has 2 aromatic carbocycles. The molecule has 1 unspecified atom stereocenters. The van der Waals surface area contributed by atoms with Crippen molar-refractivity contribution in [1.82, 2.24) is 5.32 Å². The molecule has 1 N–H and O–H groups in total. The lowest BCUT2D eigenvalue weighted by molar-refractivity contribution is -0.117. The van der Waals surface area contributed by atoms with E-state index in [-0.39, 0.29) is 18.3 Å². The molecule has 0 spiro atoms. The Morgan fingerprint density at radius 1 is 1.23 bits per heavy atom. The summed E-state index contributed by atoms with van der Waals surface area (Å²) in [6.45, 7) is 2.16. The highest BCUT2D eigenvalue weighted by Gasteiger charge is 2.32. The predicted molar refractivity (Wildman–Crippen MR) is 97.1 cm³/mol. The van der Waals surface area contributed by atoms with Gasteiger partial charge >= 0.3 is 6.09 Å². The molecule has 134 valence electrons. The summed E-state index contributed by atoms with van der Waals surface area (Å²) >= 11 is 0. The number of carbonyl (C=O) groups is 2. The third-order valence-corrected chi connectivity index (χ3v) is 4.07. The van der Waals surface area contributed by atoms with E-state index < -0.39 is 12.2 Å². The first kappa shape index (κ1) is 17.7. The van der Waals surface area contributed by atoms with Crippen molar-refractivity contribution in [2.75, 3.05) is 18.0 Å². The molecule has 0 bridgehead atoms. The second-order valence-corrected chi connectivity index (χ2v) is 6.01. The maximum atomic E-state index is 13.7. The standard InChI is InChI=1S/C20H19FN2O3/c1-14(11-15-7-5-6-10-18(15)21)19(24)22-12-17-13-23(20(25)26-17)16-8-3-2-4-9-16/h2-11,17H,12-13H2,1H3,(H,22,24)/b14-11+. The highest BCUT2D eigenvalue weighted by Crippen LogP contribution is 2.20. The average Bonchev–Trinajstić information content (AvgIpc) is 3.03. The molecule has 3 rings (SSSR count). The van der Waals surface area contributed by atoms with E-state index in [2.05, 4.69) is 5.32 Å². The van der Waals surface area contributed by atoms with Crippen LogP contribution in [-0.4, -0.2) is 31.2 Å². The van der Waals surface area contributed by atoms with Gasteiger partial charge in [-0.15, -0.1) is 0 Å². The predicted octanol–water partition coefficient (Wildman–Crippen LogP) is 3.37. The number of anilines is 1. The van der Waals surface area contributed by atoms with E-state index in [1.54, 1.807) is 25.1 Å². The molecule has 0 radical (unpaired) electrons. The summed E-state index contributed by atoms with van der Waals surface area (Å²) in [4.78, 5) is 25.7. The van der Waals surface area contributed by atoms with Crippen LogP contribution in [0.25, 0.3) is 6.08 Å². The number of carbonyl (C=O) groups excluding carboxylic acids is 2. The molecule has 1 atom stereocenters.